The van der Waals surface area contributed by atoms with Gasteiger partial charge in [-0.25, -0.2) is 14.6 Å². The maximum absolute atomic E-state index is 14.6. The average molecular weight is 526 g/mol. The van der Waals surface area contributed by atoms with Crippen LogP contribution in [0.3, 0.4) is 0 Å². The summed E-state index contributed by atoms with van der Waals surface area (Å²) in [7, 11) is 0. The van der Waals surface area contributed by atoms with Crippen molar-refractivity contribution in [2.45, 2.75) is 6.92 Å². The molecule has 8 heteroatoms. The minimum absolute atomic E-state index is 0.106. The van der Waals surface area contributed by atoms with E-state index in [1.807, 2.05) is 13.0 Å². The van der Waals surface area contributed by atoms with Crippen LogP contribution in [0.25, 0.3) is 22.0 Å². The van der Waals surface area contributed by atoms with Gasteiger partial charge in [0.25, 0.3) is 5.91 Å². The lowest BCUT2D eigenvalue weighted by Crippen LogP contribution is -2.19. The van der Waals surface area contributed by atoms with E-state index in [2.05, 4.69) is 15.5 Å². The van der Waals surface area contributed by atoms with Crippen molar-refractivity contribution in [3.63, 3.8) is 0 Å². The second-order valence-electron chi connectivity index (χ2n) is 8.51. The van der Waals surface area contributed by atoms with E-state index in [4.69, 9.17) is 16.3 Å². The van der Waals surface area contributed by atoms with Crippen molar-refractivity contribution >= 4 is 40.6 Å². The molecule has 6 nitrogen and oxygen atoms in total. The minimum Gasteiger partial charge on any atom is -0.422 e. The number of H-pyrrole nitrogens is 1. The van der Waals surface area contributed by atoms with Gasteiger partial charge in [-0.1, -0.05) is 71.8 Å². The first-order valence-corrected chi connectivity index (χ1v) is 12.1. The van der Waals surface area contributed by atoms with Crippen molar-refractivity contribution in [1.82, 2.24) is 10.4 Å². The number of hydrogen-bond donors (Lipinski definition) is 2. The van der Waals surface area contributed by atoms with Gasteiger partial charge in [0.05, 0.1) is 17.3 Å². The number of ether oxygens (including phenoxy) is 1. The summed E-state index contributed by atoms with van der Waals surface area (Å²) >= 11 is 6.42. The number of carbonyl (C=O) groups is 2. The van der Waals surface area contributed by atoms with Gasteiger partial charge >= 0.3 is 5.97 Å². The zero-order valence-electron chi connectivity index (χ0n) is 20.2. The first kappa shape index (κ1) is 24.9. The summed E-state index contributed by atoms with van der Waals surface area (Å²) in [5.74, 6) is -1.33. The number of carbonyl (C=O) groups excluding carboxylic acids is 2. The average Bonchev–Trinajstić information content (AvgIpc) is 3.31. The smallest absolute Gasteiger partial charge is 0.343 e. The summed E-state index contributed by atoms with van der Waals surface area (Å²) < 4.78 is 20.1. The van der Waals surface area contributed by atoms with Gasteiger partial charge in [0, 0.05) is 27.1 Å². The molecule has 0 fully saturated rings. The molecule has 2 N–H and O–H groups in total. The molecule has 0 aliphatic heterocycles. The highest BCUT2D eigenvalue weighted by Crippen LogP contribution is 2.37. The van der Waals surface area contributed by atoms with Crippen molar-refractivity contribution in [2.24, 2.45) is 5.10 Å². The van der Waals surface area contributed by atoms with Crippen LogP contribution in [-0.4, -0.2) is 23.1 Å². The Bertz CT molecular complexity index is 1710. The summed E-state index contributed by atoms with van der Waals surface area (Å²) in [6, 6.07) is 25.5. The predicted molar refractivity (Wildman–Crippen MR) is 146 cm³/mol. The van der Waals surface area contributed by atoms with E-state index in [0.717, 1.165) is 5.56 Å². The fourth-order valence-electron chi connectivity index (χ4n) is 4.12. The lowest BCUT2D eigenvalue weighted by molar-refractivity contribution is 0.0734. The lowest BCUT2D eigenvalue weighted by atomic mass is 10.0. The highest BCUT2D eigenvalue weighted by Gasteiger charge is 2.22. The maximum atomic E-state index is 14.6. The molecule has 0 saturated carbocycles. The van der Waals surface area contributed by atoms with Crippen LogP contribution in [0.5, 0.6) is 5.75 Å². The third kappa shape index (κ3) is 5.05. The molecule has 0 aliphatic rings. The summed E-state index contributed by atoms with van der Waals surface area (Å²) in [6.45, 7) is 1.89. The molecular formula is C30H21ClFN3O3. The number of hydrogen-bond acceptors (Lipinski definition) is 4. The topological polar surface area (TPSA) is 83.5 Å². The Morgan fingerprint density at radius 1 is 0.974 bits per heavy atom. The summed E-state index contributed by atoms with van der Waals surface area (Å²) in [4.78, 5) is 28.7. The van der Waals surface area contributed by atoms with Gasteiger partial charge in [-0.15, -0.1) is 0 Å². The molecule has 0 bridgehead atoms. The van der Waals surface area contributed by atoms with E-state index in [9.17, 15) is 14.0 Å². The van der Waals surface area contributed by atoms with Gasteiger partial charge in [-0.2, -0.15) is 5.10 Å². The Morgan fingerprint density at radius 3 is 2.55 bits per heavy atom. The Balaban J connectivity index is 1.42. The van der Waals surface area contributed by atoms with E-state index in [-0.39, 0.29) is 17.0 Å². The molecule has 188 valence electrons. The first-order chi connectivity index (χ1) is 18.4. The van der Waals surface area contributed by atoms with E-state index < -0.39 is 17.7 Å². The number of aromatic amines is 1. The monoisotopic (exact) mass is 525 g/mol. The number of esters is 1. The van der Waals surface area contributed by atoms with E-state index >= 15 is 0 Å². The van der Waals surface area contributed by atoms with Crippen molar-refractivity contribution in [3.8, 4) is 16.9 Å². The van der Waals surface area contributed by atoms with Crippen LogP contribution >= 0.6 is 11.6 Å². The molecule has 1 amide bonds. The van der Waals surface area contributed by atoms with Gasteiger partial charge in [0.15, 0.2) is 0 Å². The van der Waals surface area contributed by atoms with Crippen LogP contribution in [0, 0.1) is 12.7 Å². The van der Waals surface area contributed by atoms with Gasteiger partial charge in [-0.05, 0) is 43.3 Å². The molecule has 0 atom stereocenters. The molecule has 0 radical (unpaired) electrons. The molecule has 5 rings (SSSR count). The highest BCUT2D eigenvalue weighted by molar-refractivity contribution is 6.34. The van der Waals surface area contributed by atoms with E-state index in [0.29, 0.717) is 32.7 Å². The molecule has 0 saturated heterocycles. The molecule has 0 unspecified atom stereocenters. The quantitative estimate of drug-likeness (QED) is 0.109. The van der Waals surface area contributed by atoms with Crippen molar-refractivity contribution in [1.29, 1.82) is 0 Å². The predicted octanol–water partition coefficient (Wildman–Crippen LogP) is 6.92. The standard InChI is InChI=1S/C30H21ClFN3O3/c1-18-8-6-10-19(16-18)30(37)38-25-15-5-2-9-20(25)17-33-35-29(36)28-26(21-11-3-4-13-23(21)31)22-12-7-14-24(32)27(22)34-28/h2-17,34H,1H3,(H,35,36). The normalized spacial score (nSPS) is 11.1. The van der Waals surface area contributed by atoms with E-state index in [1.165, 1.54) is 12.3 Å². The number of amides is 1. The largest absolute Gasteiger partial charge is 0.422 e. The molecule has 1 aromatic heterocycles. The maximum Gasteiger partial charge on any atom is 0.343 e. The van der Waals surface area contributed by atoms with Gasteiger partial charge < -0.3 is 9.72 Å². The molecule has 4 aromatic carbocycles. The molecule has 0 spiro atoms. The second kappa shape index (κ2) is 10.7. The number of rotatable bonds is 6. The van der Waals surface area contributed by atoms with Crippen LogP contribution in [0.4, 0.5) is 4.39 Å². The lowest BCUT2D eigenvalue weighted by Gasteiger charge is -2.08. The zero-order chi connectivity index (χ0) is 26.6. The summed E-state index contributed by atoms with van der Waals surface area (Å²) in [5.41, 5.74) is 5.63. The Labute approximate surface area is 222 Å². The molecule has 38 heavy (non-hydrogen) atoms. The van der Waals surface area contributed by atoms with Crippen LogP contribution in [0.15, 0.2) is 96.1 Å². The fraction of sp³-hybridized carbons (Fsp3) is 0.0333. The van der Waals surface area contributed by atoms with Crippen LogP contribution in [-0.2, 0) is 0 Å². The number of nitrogens with zero attached hydrogens (tertiary/aromatic N) is 1. The number of halogens is 2. The third-order valence-corrected chi connectivity index (χ3v) is 6.23. The SMILES string of the molecule is Cc1cccc(C(=O)Oc2ccccc2C=NNC(=O)c2[nH]c3c(F)cccc3c2-c2ccccc2Cl)c1. The molecule has 5 aromatic rings. The van der Waals surface area contributed by atoms with Gasteiger partial charge in [0.1, 0.15) is 17.3 Å². The minimum atomic E-state index is -0.596. The number of fused-ring (bicyclic) bond motifs is 1. The Kier molecular flexibility index (Phi) is 7.02. The second-order valence-corrected chi connectivity index (χ2v) is 8.92. The van der Waals surface area contributed by atoms with E-state index in [1.54, 1.807) is 78.9 Å². The number of nitrogens with one attached hydrogen (secondary N) is 2. The molecular weight excluding hydrogens is 505 g/mol. The van der Waals surface area contributed by atoms with Gasteiger partial charge in [-0.3, -0.25) is 4.79 Å². The van der Waals surface area contributed by atoms with Crippen molar-refractivity contribution < 1.29 is 18.7 Å². The highest BCUT2D eigenvalue weighted by atomic mass is 35.5. The third-order valence-electron chi connectivity index (χ3n) is 5.90. The molecule has 0 aliphatic carbocycles. The Hall–Kier alpha value is -4.75. The van der Waals surface area contributed by atoms with Crippen molar-refractivity contribution in [3.05, 3.63) is 124 Å². The fourth-order valence-corrected chi connectivity index (χ4v) is 4.35. The Morgan fingerprint density at radius 2 is 1.74 bits per heavy atom. The van der Waals surface area contributed by atoms with Gasteiger partial charge in [0.2, 0.25) is 0 Å². The summed E-state index contributed by atoms with van der Waals surface area (Å²) in [5, 5.41) is 4.99. The van der Waals surface area contributed by atoms with Crippen molar-refractivity contribution in [2.75, 3.05) is 0 Å². The number of hydrazone groups is 1. The zero-order valence-corrected chi connectivity index (χ0v) is 20.9. The first-order valence-electron chi connectivity index (χ1n) is 11.7. The number of para-hydroxylation sites is 2. The molecule has 1 heterocycles. The number of benzene rings is 4. The van der Waals surface area contributed by atoms with Crippen LogP contribution in [0.1, 0.15) is 32.0 Å². The number of aromatic nitrogens is 1. The van der Waals surface area contributed by atoms with Crippen LogP contribution < -0.4 is 10.2 Å². The number of aryl methyl sites for hydroxylation is 1. The van der Waals surface area contributed by atoms with Crippen LogP contribution in [0.2, 0.25) is 5.02 Å². The summed E-state index contributed by atoms with van der Waals surface area (Å²) in [6.07, 6.45) is 1.37.